The summed E-state index contributed by atoms with van der Waals surface area (Å²) in [6.07, 6.45) is 0. The lowest BCUT2D eigenvalue weighted by Gasteiger charge is -2.12. The van der Waals surface area contributed by atoms with Crippen LogP contribution in [0.4, 0.5) is 0 Å². The van der Waals surface area contributed by atoms with Gasteiger partial charge in [-0.05, 0) is 12.1 Å². The van der Waals surface area contributed by atoms with E-state index in [9.17, 15) is 0 Å². The molecule has 4 heteroatoms. The van der Waals surface area contributed by atoms with Crippen molar-refractivity contribution >= 4 is 23.2 Å². The van der Waals surface area contributed by atoms with Gasteiger partial charge in [0.15, 0.2) is 0 Å². The van der Waals surface area contributed by atoms with Crippen LogP contribution in [0.1, 0.15) is 10.4 Å². The van der Waals surface area contributed by atoms with Crippen LogP contribution in [0.3, 0.4) is 0 Å². The molecular weight excluding hydrogens is 211 g/mol. The Morgan fingerprint density at radius 2 is 1.54 bits per heavy atom. The van der Waals surface area contributed by atoms with Gasteiger partial charge in [-0.1, -0.05) is 29.3 Å². The Balaban J connectivity index is 3.21. The van der Waals surface area contributed by atoms with Gasteiger partial charge in [0.2, 0.25) is 0 Å². The van der Waals surface area contributed by atoms with Gasteiger partial charge in [0, 0.05) is 0 Å². The average molecular weight is 221 g/mol. The van der Waals surface area contributed by atoms with Gasteiger partial charge in [-0.15, -0.1) is 0 Å². The number of hydrogen-bond donors (Lipinski definition) is 0. The lowest BCUT2D eigenvalue weighted by Crippen LogP contribution is -1.95. The van der Waals surface area contributed by atoms with Gasteiger partial charge in [-0.25, -0.2) is 0 Å². The molecule has 0 fully saturated rings. The minimum atomic E-state index is -0.647. The Bertz CT molecular complexity index is 265. The molecule has 0 bridgehead atoms. The number of alkyl halides is 2. The predicted molar refractivity (Wildman–Crippen MR) is 54.0 cm³/mol. The summed E-state index contributed by atoms with van der Waals surface area (Å²) in [6.45, 7) is 0. The summed E-state index contributed by atoms with van der Waals surface area (Å²) in [5, 5.41) is 0. The van der Waals surface area contributed by atoms with E-state index in [0.717, 1.165) is 0 Å². The topological polar surface area (TPSA) is 18.5 Å². The zero-order valence-electron chi connectivity index (χ0n) is 7.38. The Hall–Kier alpha value is -0.600. The van der Waals surface area contributed by atoms with Gasteiger partial charge in [0.1, 0.15) is 16.3 Å². The molecule has 0 aromatic heterocycles. The van der Waals surface area contributed by atoms with Crippen LogP contribution in [0.2, 0.25) is 0 Å². The minimum Gasteiger partial charge on any atom is -0.496 e. The Morgan fingerprint density at radius 3 is 1.85 bits per heavy atom. The summed E-state index contributed by atoms with van der Waals surface area (Å²) in [5.41, 5.74) is 0.663. The highest BCUT2D eigenvalue weighted by molar-refractivity contribution is 6.44. The van der Waals surface area contributed by atoms with Crippen LogP contribution in [-0.4, -0.2) is 14.2 Å². The maximum absolute atomic E-state index is 5.78. The molecule has 1 aromatic carbocycles. The molecule has 0 radical (unpaired) electrons. The fourth-order valence-corrected chi connectivity index (χ4v) is 1.53. The van der Waals surface area contributed by atoms with E-state index in [1.165, 1.54) is 0 Å². The summed E-state index contributed by atoms with van der Waals surface area (Å²) >= 11 is 11.6. The van der Waals surface area contributed by atoms with E-state index in [-0.39, 0.29) is 0 Å². The fourth-order valence-electron chi connectivity index (χ4n) is 1.09. The molecule has 13 heavy (non-hydrogen) atoms. The number of ether oxygens (including phenoxy) is 2. The molecule has 0 aliphatic heterocycles. The fraction of sp³-hybridized carbons (Fsp3) is 0.333. The summed E-state index contributed by atoms with van der Waals surface area (Å²) < 4.78 is 10.2. The normalized spacial score (nSPS) is 10.2. The molecule has 0 unspecified atom stereocenters. The van der Waals surface area contributed by atoms with Gasteiger partial charge in [-0.3, -0.25) is 0 Å². The van der Waals surface area contributed by atoms with Crippen molar-refractivity contribution in [1.29, 1.82) is 0 Å². The molecule has 0 saturated heterocycles. The van der Waals surface area contributed by atoms with Crippen molar-refractivity contribution in [2.75, 3.05) is 14.2 Å². The summed E-state index contributed by atoms with van der Waals surface area (Å²) in [5.74, 6) is 1.27. The molecule has 0 heterocycles. The van der Waals surface area contributed by atoms with Crippen molar-refractivity contribution in [3.05, 3.63) is 23.8 Å². The molecule has 0 amide bonds. The Labute approximate surface area is 87.4 Å². The van der Waals surface area contributed by atoms with Crippen LogP contribution in [0.5, 0.6) is 11.5 Å². The summed E-state index contributed by atoms with van der Waals surface area (Å²) in [7, 11) is 3.13. The number of rotatable bonds is 3. The molecule has 0 N–H and O–H groups in total. The van der Waals surface area contributed by atoms with Crippen LogP contribution < -0.4 is 9.47 Å². The van der Waals surface area contributed by atoms with E-state index >= 15 is 0 Å². The van der Waals surface area contributed by atoms with E-state index in [4.69, 9.17) is 32.7 Å². The van der Waals surface area contributed by atoms with Gasteiger partial charge in [0.05, 0.1) is 19.8 Å². The first-order chi connectivity index (χ1) is 6.20. The molecule has 0 saturated carbocycles. The van der Waals surface area contributed by atoms with Crippen molar-refractivity contribution in [2.24, 2.45) is 0 Å². The second-order valence-corrected chi connectivity index (χ2v) is 3.47. The second-order valence-electron chi connectivity index (χ2n) is 2.38. The van der Waals surface area contributed by atoms with Crippen molar-refractivity contribution in [3.8, 4) is 11.5 Å². The largest absolute Gasteiger partial charge is 0.496 e. The molecule has 2 nitrogen and oxygen atoms in total. The molecule has 0 aliphatic carbocycles. The first kappa shape index (κ1) is 10.5. The number of benzene rings is 1. The molecule has 72 valence electrons. The molecule has 0 atom stereocenters. The lowest BCUT2D eigenvalue weighted by molar-refractivity contribution is 0.387. The van der Waals surface area contributed by atoms with E-state index in [2.05, 4.69) is 0 Å². The SMILES string of the molecule is COc1cccc(OC)c1C(Cl)Cl. The molecule has 1 rings (SSSR count). The predicted octanol–water partition coefficient (Wildman–Crippen LogP) is 3.18. The lowest BCUT2D eigenvalue weighted by atomic mass is 10.2. The highest BCUT2D eigenvalue weighted by atomic mass is 35.5. The van der Waals surface area contributed by atoms with Crippen LogP contribution in [0.25, 0.3) is 0 Å². The van der Waals surface area contributed by atoms with Crippen LogP contribution >= 0.6 is 23.2 Å². The van der Waals surface area contributed by atoms with Crippen molar-refractivity contribution in [1.82, 2.24) is 0 Å². The molecular formula is C9H10Cl2O2. The number of halogens is 2. The molecule has 0 aliphatic rings. The smallest absolute Gasteiger partial charge is 0.139 e. The van der Waals surface area contributed by atoms with Crippen LogP contribution in [0, 0.1) is 0 Å². The van der Waals surface area contributed by atoms with Crippen LogP contribution in [0.15, 0.2) is 18.2 Å². The third-order valence-corrected chi connectivity index (χ3v) is 2.12. The van der Waals surface area contributed by atoms with E-state index in [1.807, 2.05) is 6.07 Å². The Kier molecular flexibility index (Phi) is 3.70. The molecule has 0 spiro atoms. The van der Waals surface area contributed by atoms with Crippen molar-refractivity contribution in [2.45, 2.75) is 4.84 Å². The van der Waals surface area contributed by atoms with Crippen molar-refractivity contribution in [3.63, 3.8) is 0 Å². The van der Waals surface area contributed by atoms with E-state index < -0.39 is 4.84 Å². The minimum absolute atomic E-state index is 0.634. The summed E-state index contributed by atoms with van der Waals surface area (Å²) in [4.78, 5) is -0.647. The molecule has 1 aromatic rings. The highest BCUT2D eigenvalue weighted by Gasteiger charge is 2.15. The first-order valence-electron chi connectivity index (χ1n) is 3.69. The average Bonchev–Trinajstić information content (AvgIpc) is 2.16. The third-order valence-electron chi connectivity index (χ3n) is 1.68. The van der Waals surface area contributed by atoms with Gasteiger partial charge < -0.3 is 9.47 Å². The monoisotopic (exact) mass is 220 g/mol. The van der Waals surface area contributed by atoms with E-state index in [1.54, 1.807) is 26.4 Å². The number of methoxy groups -OCH3 is 2. The Morgan fingerprint density at radius 1 is 1.08 bits per heavy atom. The maximum atomic E-state index is 5.78. The van der Waals surface area contributed by atoms with Gasteiger partial charge >= 0.3 is 0 Å². The van der Waals surface area contributed by atoms with Gasteiger partial charge in [0.25, 0.3) is 0 Å². The van der Waals surface area contributed by atoms with E-state index in [0.29, 0.717) is 17.1 Å². The second kappa shape index (κ2) is 4.58. The zero-order valence-corrected chi connectivity index (χ0v) is 8.89. The van der Waals surface area contributed by atoms with Crippen LogP contribution in [-0.2, 0) is 0 Å². The third kappa shape index (κ3) is 2.20. The zero-order chi connectivity index (χ0) is 9.84. The number of hydrogen-bond acceptors (Lipinski definition) is 2. The highest BCUT2D eigenvalue weighted by Crippen LogP contribution is 2.39. The standard InChI is InChI=1S/C9H10Cl2O2/c1-12-6-4-3-5-7(13-2)8(6)9(10)11/h3-5,9H,1-2H3. The maximum Gasteiger partial charge on any atom is 0.139 e. The van der Waals surface area contributed by atoms with Gasteiger partial charge in [-0.2, -0.15) is 0 Å². The quantitative estimate of drug-likeness (QED) is 0.729. The first-order valence-corrected chi connectivity index (χ1v) is 4.57. The van der Waals surface area contributed by atoms with Crippen molar-refractivity contribution < 1.29 is 9.47 Å². The summed E-state index contributed by atoms with van der Waals surface area (Å²) in [6, 6.07) is 5.39.